The highest BCUT2D eigenvalue weighted by atomic mass is 35.5. The van der Waals surface area contributed by atoms with Crippen LogP contribution in [0, 0.1) is 0 Å². The van der Waals surface area contributed by atoms with E-state index in [9.17, 15) is 19.8 Å². The molecule has 0 saturated carbocycles. The maximum absolute atomic E-state index is 12.2. The fraction of sp³-hybridized carbons (Fsp3) is 0.0571. The van der Waals surface area contributed by atoms with E-state index < -0.39 is 12.1 Å². The van der Waals surface area contributed by atoms with Gasteiger partial charge in [-0.05, 0) is 77.4 Å². The molecule has 2 heterocycles. The number of carbonyl (C=O) groups is 2. The Morgan fingerprint density at radius 3 is 2.31 bits per heavy atom. The highest BCUT2D eigenvalue weighted by molar-refractivity contribution is 6.36. The number of nitrogens with zero attached hydrogens (tertiary/aromatic N) is 3. The number of aromatic carboxylic acids is 1. The van der Waals surface area contributed by atoms with Crippen LogP contribution in [0.25, 0.3) is 45.6 Å². The highest BCUT2D eigenvalue weighted by Gasteiger charge is 2.17. The number of halogens is 2. The van der Waals surface area contributed by atoms with Gasteiger partial charge in [0.15, 0.2) is 0 Å². The fourth-order valence-electron chi connectivity index (χ4n) is 5.14. The molecular formula is C35H25Cl2N3O5. The van der Waals surface area contributed by atoms with Crippen LogP contribution in [0.5, 0.6) is 5.75 Å². The Morgan fingerprint density at radius 1 is 0.889 bits per heavy atom. The zero-order valence-electron chi connectivity index (χ0n) is 23.8. The molecule has 45 heavy (non-hydrogen) atoms. The molecule has 0 atom stereocenters. The third-order valence-corrected chi connectivity index (χ3v) is 7.95. The minimum Gasteiger partial charge on any atom is -0.497 e. The van der Waals surface area contributed by atoms with E-state index in [0.29, 0.717) is 45.1 Å². The monoisotopic (exact) mass is 637 g/mol. The van der Waals surface area contributed by atoms with Crippen LogP contribution < -0.4 is 4.74 Å². The van der Waals surface area contributed by atoms with Crippen LogP contribution in [-0.2, 0) is 6.54 Å². The summed E-state index contributed by atoms with van der Waals surface area (Å²) in [6, 6.07) is 26.6. The molecule has 4 aromatic carbocycles. The molecule has 2 aromatic heterocycles. The van der Waals surface area contributed by atoms with Gasteiger partial charge in [0.25, 0.3) is 0 Å². The fourth-order valence-corrected chi connectivity index (χ4v) is 5.65. The number of methoxy groups -OCH3 is 1. The number of benzene rings is 4. The summed E-state index contributed by atoms with van der Waals surface area (Å²) in [6.45, 7) is 0.446. The Hall–Kier alpha value is -5.31. The maximum atomic E-state index is 12.2. The van der Waals surface area contributed by atoms with Crippen LogP contribution in [0.4, 0.5) is 4.79 Å². The average molecular weight is 639 g/mol. The molecule has 6 aromatic rings. The van der Waals surface area contributed by atoms with Crippen LogP contribution in [0.3, 0.4) is 0 Å². The van der Waals surface area contributed by atoms with Crippen molar-refractivity contribution < 1.29 is 24.5 Å². The van der Waals surface area contributed by atoms with E-state index in [0.717, 1.165) is 27.6 Å². The van der Waals surface area contributed by atoms with Crippen LogP contribution in [0.1, 0.15) is 27.3 Å². The van der Waals surface area contributed by atoms with Crippen molar-refractivity contribution >= 4 is 58.3 Å². The first kappa shape index (κ1) is 29.7. The lowest BCUT2D eigenvalue weighted by atomic mass is 10.1. The molecule has 0 bridgehead atoms. The molecule has 0 saturated heterocycles. The van der Waals surface area contributed by atoms with Crippen LogP contribution >= 0.6 is 23.2 Å². The van der Waals surface area contributed by atoms with Gasteiger partial charge in [-0.25, -0.2) is 19.1 Å². The zero-order chi connectivity index (χ0) is 31.7. The van der Waals surface area contributed by atoms with E-state index in [2.05, 4.69) is 0 Å². The molecular weight excluding hydrogens is 613 g/mol. The quantitative estimate of drug-likeness (QED) is 0.172. The average Bonchev–Trinajstić information content (AvgIpc) is 3.61. The van der Waals surface area contributed by atoms with Crippen molar-refractivity contribution in [1.29, 1.82) is 0 Å². The van der Waals surface area contributed by atoms with Gasteiger partial charge >= 0.3 is 12.1 Å². The number of rotatable bonds is 8. The number of hydrogen-bond donors (Lipinski definition) is 2. The Labute approximate surface area is 268 Å². The van der Waals surface area contributed by atoms with E-state index in [1.54, 1.807) is 55.6 Å². The Kier molecular flexibility index (Phi) is 8.17. The maximum Gasteiger partial charge on any atom is 0.416 e. The Bertz CT molecular complexity index is 2100. The summed E-state index contributed by atoms with van der Waals surface area (Å²) in [5.41, 5.74) is 5.25. The van der Waals surface area contributed by atoms with E-state index in [4.69, 9.17) is 32.9 Å². The number of carboxylic acid groups (broad SMARTS) is 2. The van der Waals surface area contributed by atoms with Crippen molar-refractivity contribution in [3.63, 3.8) is 0 Å². The number of aromatic nitrogens is 3. The molecule has 0 unspecified atom stereocenters. The lowest BCUT2D eigenvalue weighted by Crippen LogP contribution is -2.08. The van der Waals surface area contributed by atoms with Gasteiger partial charge in [-0.3, -0.25) is 0 Å². The second-order valence-electron chi connectivity index (χ2n) is 10.3. The number of fused-ring (bicyclic) bond motifs is 1. The van der Waals surface area contributed by atoms with Crippen molar-refractivity contribution in [3.8, 4) is 28.3 Å². The summed E-state index contributed by atoms with van der Waals surface area (Å²) >= 11 is 12.6. The zero-order valence-corrected chi connectivity index (χ0v) is 25.3. The number of ether oxygens (including phenoxy) is 1. The first-order valence-corrected chi connectivity index (χ1v) is 14.5. The first-order chi connectivity index (χ1) is 21.7. The van der Waals surface area contributed by atoms with E-state index in [1.807, 2.05) is 65.4 Å². The molecule has 0 aliphatic rings. The van der Waals surface area contributed by atoms with Crippen molar-refractivity contribution in [3.05, 3.63) is 130 Å². The summed E-state index contributed by atoms with van der Waals surface area (Å²) in [5, 5.41) is 21.0. The summed E-state index contributed by atoms with van der Waals surface area (Å²) in [5.74, 6) is 0.319. The van der Waals surface area contributed by atoms with Crippen LogP contribution in [0.15, 0.2) is 97.2 Å². The summed E-state index contributed by atoms with van der Waals surface area (Å²) < 4.78 is 8.53. The van der Waals surface area contributed by atoms with E-state index >= 15 is 0 Å². The standard InChI is InChI=1S/C35H25Cl2N3O5/c1-45-27-12-14-31-25(16-27)17-32(40(31)35(43)44)23-7-2-21(3-8-23)6-15-33-38-30(28-13-11-26(36)18-29(28)37)20-39(33)19-22-4-9-24(10-5-22)34(41)42/h2-18,20H,19H2,1H3,(H,41,42)(H,43,44)/b15-6+. The number of imidazole rings is 1. The largest absolute Gasteiger partial charge is 0.497 e. The van der Waals surface area contributed by atoms with Gasteiger partial charge in [-0.1, -0.05) is 65.7 Å². The first-order valence-electron chi connectivity index (χ1n) is 13.8. The van der Waals surface area contributed by atoms with Gasteiger partial charge in [0.05, 0.1) is 34.6 Å². The lowest BCUT2D eigenvalue weighted by molar-refractivity contribution is 0.0696. The SMILES string of the molecule is COc1ccc2c(c1)cc(-c1ccc(/C=C/c3nc(-c4ccc(Cl)cc4Cl)cn3Cc3ccc(C(=O)O)cc3)cc1)n2C(=O)O. The minimum atomic E-state index is -1.07. The van der Waals surface area contributed by atoms with Gasteiger partial charge in [-0.2, -0.15) is 0 Å². The molecule has 6 rings (SSSR count). The summed E-state index contributed by atoms with van der Waals surface area (Å²) in [4.78, 5) is 28.3. The van der Waals surface area contributed by atoms with E-state index in [1.165, 1.54) is 4.57 Å². The molecule has 0 aliphatic carbocycles. The second kappa shape index (κ2) is 12.4. The summed E-state index contributed by atoms with van der Waals surface area (Å²) in [6.07, 6.45) is 4.62. The van der Waals surface area contributed by atoms with Gasteiger partial charge in [0.1, 0.15) is 11.6 Å². The number of carboxylic acids is 1. The molecule has 0 spiro atoms. The molecule has 224 valence electrons. The molecule has 8 nitrogen and oxygen atoms in total. The summed E-state index contributed by atoms with van der Waals surface area (Å²) in [7, 11) is 1.57. The van der Waals surface area contributed by atoms with E-state index in [-0.39, 0.29) is 5.56 Å². The highest BCUT2D eigenvalue weighted by Crippen LogP contribution is 2.32. The molecule has 0 aliphatic heterocycles. The molecule has 0 amide bonds. The predicted octanol–water partition coefficient (Wildman–Crippen LogP) is 8.93. The Morgan fingerprint density at radius 2 is 1.64 bits per heavy atom. The second-order valence-corrected chi connectivity index (χ2v) is 11.1. The van der Waals surface area contributed by atoms with Crippen molar-refractivity contribution in [2.45, 2.75) is 6.54 Å². The molecule has 10 heteroatoms. The molecule has 2 N–H and O–H groups in total. The normalized spacial score (nSPS) is 11.4. The van der Waals surface area contributed by atoms with Gasteiger partial charge in [0.2, 0.25) is 0 Å². The van der Waals surface area contributed by atoms with Gasteiger partial charge < -0.3 is 19.5 Å². The van der Waals surface area contributed by atoms with Crippen LogP contribution in [0.2, 0.25) is 10.0 Å². The third kappa shape index (κ3) is 6.20. The third-order valence-electron chi connectivity index (χ3n) is 7.40. The van der Waals surface area contributed by atoms with Crippen molar-refractivity contribution in [2.75, 3.05) is 7.11 Å². The minimum absolute atomic E-state index is 0.213. The smallest absolute Gasteiger partial charge is 0.416 e. The number of hydrogen-bond acceptors (Lipinski definition) is 4. The molecule has 0 radical (unpaired) electrons. The van der Waals surface area contributed by atoms with Gasteiger partial charge in [-0.15, -0.1) is 0 Å². The van der Waals surface area contributed by atoms with Crippen molar-refractivity contribution in [1.82, 2.24) is 14.1 Å². The Balaban J connectivity index is 1.32. The molecule has 0 fully saturated rings. The lowest BCUT2D eigenvalue weighted by Gasteiger charge is -2.07. The van der Waals surface area contributed by atoms with Crippen LogP contribution in [-0.4, -0.2) is 43.5 Å². The topological polar surface area (TPSA) is 107 Å². The predicted molar refractivity (Wildman–Crippen MR) is 176 cm³/mol. The van der Waals surface area contributed by atoms with Crippen molar-refractivity contribution in [2.24, 2.45) is 0 Å². The van der Waals surface area contributed by atoms with Gasteiger partial charge in [0, 0.05) is 28.7 Å².